The van der Waals surface area contributed by atoms with Crippen molar-refractivity contribution in [3.8, 4) is 0 Å². The number of hydroxylamine groups is 2. The van der Waals surface area contributed by atoms with E-state index in [1.165, 1.54) is 0 Å². The summed E-state index contributed by atoms with van der Waals surface area (Å²) in [6.45, 7) is 12.0. The number of nitrogens with one attached hydrogen (secondary N) is 2. The number of piperidine rings is 1. The summed E-state index contributed by atoms with van der Waals surface area (Å²) in [4.78, 5) is 24.8. The molecule has 1 aliphatic heterocycles. The van der Waals surface area contributed by atoms with Crippen LogP contribution in [0.3, 0.4) is 0 Å². The van der Waals surface area contributed by atoms with Crippen molar-refractivity contribution in [2.75, 3.05) is 0 Å². The van der Waals surface area contributed by atoms with Crippen molar-refractivity contribution in [1.82, 2.24) is 15.7 Å². The molecule has 0 bridgehead atoms. The zero-order chi connectivity index (χ0) is 24.6. The van der Waals surface area contributed by atoms with Crippen LogP contribution in [-0.2, 0) is 21.3 Å². The number of hydrogen-bond acceptors (Lipinski definition) is 4. The van der Waals surface area contributed by atoms with Gasteiger partial charge >= 0.3 is 6.09 Å². The molecule has 7 nitrogen and oxygen atoms in total. The molecule has 1 aromatic carbocycles. The van der Waals surface area contributed by atoms with Crippen LogP contribution in [0.15, 0.2) is 42.5 Å². The molecular formula is C26H40N3O4. The topological polar surface area (TPSA) is 90.6 Å². The summed E-state index contributed by atoms with van der Waals surface area (Å²) < 4.78 is 5.32. The Morgan fingerprint density at radius 3 is 2.30 bits per heavy atom. The number of carbonyl (C=O) groups excluding carboxylic acids is 2. The van der Waals surface area contributed by atoms with E-state index >= 15 is 0 Å². The van der Waals surface area contributed by atoms with Crippen LogP contribution >= 0.6 is 0 Å². The summed E-state index contributed by atoms with van der Waals surface area (Å²) in [5, 5.41) is 19.6. The molecule has 1 saturated heterocycles. The van der Waals surface area contributed by atoms with E-state index in [0.717, 1.165) is 17.0 Å². The number of amides is 2. The molecule has 0 saturated carbocycles. The summed E-state index contributed by atoms with van der Waals surface area (Å²) in [6, 6.07) is 9.26. The fraction of sp³-hybridized carbons (Fsp3) is 0.615. The van der Waals surface area contributed by atoms with Crippen molar-refractivity contribution >= 4 is 12.0 Å². The van der Waals surface area contributed by atoms with Crippen LogP contribution in [0, 0.1) is 5.92 Å². The molecule has 2 rings (SSSR count). The fourth-order valence-electron chi connectivity index (χ4n) is 4.60. The molecule has 7 heteroatoms. The molecular weight excluding hydrogens is 418 g/mol. The first-order valence-corrected chi connectivity index (χ1v) is 11.8. The average Bonchev–Trinajstić information content (AvgIpc) is 2.70. The van der Waals surface area contributed by atoms with E-state index in [1.807, 2.05) is 64.1 Å². The third-order valence-electron chi connectivity index (χ3n) is 5.87. The third kappa shape index (κ3) is 8.82. The molecule has 0 spiro atoms. The molecule has 0 aliphatic carbocycles. The standard InChI is InChI=1S/C26H40N3O4/c1-19(2)15-21(28-24(31)33-18-20-11-8-7-9-12-20)13-10-14-23(30)27-22-16-25(3,4)29(32)26(5,6)17-22/h7-13,19,21-22H,14-18H2,1-6H3,(H,27,30)(H,28,31)/b13-10-. The Morgan fingerprint density at radius 1 is 1.12 bits per heavy atom. The van der Waals surface area contributed by atoms with Crippen LogP contribution < -0.4 is 10.6 Å². The summed E-state index contributed by atoms with van der Waals surface area (Å²) in [5.41, 5.74) is -0.126. The number of ether oxygens (including phenoxy) is 1. The molecule has 1 atom stereocenters. The number of carbonyl (C=O) groups is 2. The van der Waals surface area contributed by atoms with Gasteiger partial charge in [-0.25, -0.2) is 4.79 Å². The highest BCUT2D eigenvalue weighted by atomic mass is 16.5. The lowest BCUT2D eigenvalue weighted by Gasteiger charge is -2.50. The van der Waals surface area contributed by atoms with Crippen molar-refractivity contribution in [2.24, 2.45) is 5.92 Å². The minimum Gasteiger partial charge on any atom is -0.445 e. The highest BCUT2D eigenvalue weighted by Gasteiger charge is 2.46. The summed E-state index contributed by atoms with van der Waals surface area (Å²) >= 11 is 0. The van der Waals surface area contributed by atoms with Crippen molar-refractivity contribution < 1.29 is 19.5 Å². The Balaban J connectivity index is 1.85. The zero-order valence-corrected chi connectivity index (χ0v) is 20.9. The molecule has 33 heavy (non-hydrogen) atoms. The third-order valence-corrected chi connectivity index (χ3v) is 5.87. The minimum atomic E-state index is -0.526. The monoisotopic (exact) mass is 458 g/mol. The molecule has 1 fully saturated rings. The lowest BCUT2D eigenvalue weighted by Crippen LogP contribution is -2.62. The largest absolute Gasteiger partial charge is 0.445 e. The van der Waals surface area contributed by atoms with Crippen molar-refractivity contribution in [3.05, 3.63) is 48.0 Å². The maximum atomic E-state index is 12.5. The lowest BCUT2D eigenvalue weighted by molar-refractivity contribution is -0.290. The molecule has 0 aromatic heterocycles. The second-order valence-electron chi connectivity index (χ2n) is 10.7. The molecule has 1 aromatic rings. The van der Waals surface area contributed by atoms with Crippen LogP contribution in [0.1, 0.15) is 72.8 Å². The van der Waals surface area contributed by atoms with Gasteiger partial charge in [0.25, 0.3) is 0 Å². The van der Waals surface area contributed by atoms with E-state index in [-0.39, 0.29) is 31.0 Å². The highest BCUT2D eigenvalue weighted by molar-refractivity contribution is 5.77. The molecule has 1 aliphatic rings. The first-order valence-electron chi connectivity index (χ1n) is 11.8. The maximum Gasteiger partial charge on any atom is 0.407 e. The van der Waals surface area contributed by atoms with Gasteiger partial charge in [-0.05, 0) is 58.4 Å². The van der Waals surface area contributed by atoms with E-state index < -0.39 is 17.2 Å². The number of nitrogens with zero attached hydrogens (tertiary/aromatic N) is 1. The second-order valence-corrected chi connectivity index (χ2v) is 10.7. The summed E-state index contributed by atoms with van der Waals surface area (Å²) in [7, 11) is 0. The van der Waals surface area contributed by atoms with Crippen LogP contribution in [0.2, 0.25) is 0 Å². The molecule has 2 N–H and O–H groups in total. The summed E-state index contributed by atoms with van der Waals surface area (Å²) in [5.74, 6) is 0.279. The highest BCUT2D eigenvalue weighted by Crippen LogP contribution is 2.36. The van der Waals surface area contributed by atoms with Gasteiger partial charge in [-0.3, -0.25) is 4.79 Å². The first-order chi connectivity index (χ1) is 15.4. The first kappa shape index (κ1) is 26.9. The van der Waals surface area contributed by atoms with Gasteiger partial charge in [-0.1, -0.05) is 56.3 Å². The Kier molecular flexibility index (Phi) is 9.49. The van der Waals surface area contributed by atoms with Gasteiger partial charge in [0.2, 0.25) is 5.91 Å². The van der Waals surface area contributed by atoms with E-state index in [4.69, 9.17) is 4.74 Å². The van der Waals surface area contributed by atoms with Crippen molar-refractivity contribution in [2.45, 2.75) is 97.0 Å². The normalized spacial score (nSPS) is 19.4. The van der Waals surface area contributed by atoms with Gasteiger partial charge in [0.1, 0.15) is 6.61 Å². The lowest BCUT2D eigenvalue weighted by atomic mass is 9.79. The molecule has 183 valence electrons. The number of rotatable bonds is 9. The Hall–Kier alpha value is -2.38. The smallest absolute Gasteiger partial charge is 0.407 e. The predicted molar refractivity (Wildman–Crippen MR) is 129 cm³/mol. The minimum absolute atomic E-state index is 0.0429. The van der Waals surface area contributed by atoms with Gasteiger partial charge in [-0.2, -0.15) is 0 Å². The van der Waals surface area contributed by atoms with Gasteiger partial charge in [0.15, 0.2) is 0 Å². The van der Waals surface area contributed by atoms with Crippen LogP contribution in [0.5, 0.6) is 0 Å². The zero-order valence-electron chi connectivity index (χ0n) is 20.9. The summed E-state index contributed by atoms with van der Waals surface area (Å²) in [6.07, 6.45) is 5.35. The number of hydrogen-bond donors (Lipinski definition) is 2. The Labute approximate surface area is 198 Å². The van der Waals surface area contributed by atoms with E-state index in [2.05, 4.69) is 24.5 Å². The molecule has 1 radical (unpaired) electrons. The molecule has 1 heterocycles. The van der Waals surface area contributed by atoms with Crippen LogP contribution in [-0.4, -0.2) is 40.2 Å². The SMILES string of the molecule is CC(C)CC(/C=C\CC(=O)NC1CC(C)(C)N([O])C(C)(C)C1)NC(=O)OCc1ccccc1. The number of alkyl carbamates (subject to hydrolysis) is 1. The number of benzene rings is 1. The van der Waals surface area contributed by atoms with E-state index in [1.54, 1.807) is 6.08 Å². The Morgan fingerprint density at radius 2 is 1.73 bits per heavy atom. The van der Waals surface area contributed by atoms with Gasteiger partial charge in [0.05, 0.1) is 6.04 Å². The Bertz CT molecular complexity index is 787. The molecule has 2 amide bonds. The van der Waals surface area contributed by atoms with E-state index in [0.29, 0.717) is 18.8 Å². The molecule has 1 unspecified atom stereocenters. The van der Waals surface area contributed by atoms with Gasteiger partial charge in [0, 0.05) is 23.5 Å². The quantitative estimate of drug-likeness (QED) is 0.522. The van der Waals surface area contributed by atoms with Gasteiger partial charge < -0.3 is 15.4 Å². The second kappa shape index (κ2) is 11.7. The fourth-order valence-corrected chi connectivity index (χ4v) is 4.60. The van der Waals surface area contributed by atoms with Crippen LogP contribution in [0.4, 0.5) is 4.79 Å². The van der Waals surface area contributed by atoms with E-state index in [9.17, 15) is 14.8 Å². The maximum absolute atomic E-state index is 12.5. The van der Waals surface area contributed by atoms with Crippen LogP contribution in [0.25, 0.3) is 0 Å². The average molecular weight is 459 g/mol. The van der Waals surface area contributed by atoms with Crippen molar-refractivity contribution in [1.29, 1.82) is 0 Å². The predicted octanol–water partition coefficient (Wildman–Crippen LogP) is 4.76. The van der Waals surface area contributed by atoms with Gasteiger partial charge in [-0.15, -0.1) is 10.3 Å². The van der Waals surface area contributed by atoms with Crippen molar-refractivity contribution in [3.63, 3.8) is 0 Å².